The van der Waals surface area contributed by atoms with E-state index in [4.69, 9.17) is 0 Å². The molecule has 0 saturated carbocycles. The van der Waals surface area contributed by atoms with Crippen LogP contribution in [0.25, 0.3) is 10.9 Å². The van der Waals surface area contributed by atoms with Crippen LogP contribution >= 0.6 is 0 Å². The number of aromatic nitrogens is 1. The van der Waals surface area contributed by atoms with E-state index in [0.717, 1.165) is 6.54 Å². The SMILES string of the molecule is CC[n+]1cccc2ccccc21. The molecular weight excluding hydrogens is 146 g/mol. The van der Waals surface area contributed by atoms with Crippen LogP contribution in [-0.4, -0.2) is 0 Å². The quantitative estimate of drug-likeness (QED) is 0.560. The molecule has 0 amide bonds. The maximum Gasteiger partial charge on any atom is 0.212 e. The molecule has 0 aliphatic rings. The van der Waals surface area contributed by atoms with Crippen molar-refractivity contribution in [1.29, 1.82) is 0 Å². The fourth-order valence-electron chi connectivity index (χ4n) is 1.50. The lowest BCUT2D eigenvalue weighted by atomic mass is 10.2. The minimum atomic E-state index is 1.03. The third-order valence-corrected chi connectivity index (χ3v) is 2.13. The molecule has 1 heteroatoms. The standard InChI is InChI=1S/C11H12N/c1-2-12-9-5-7-10-6-3-4-8-11(10)12/h3-9H,2H2,1H3/q+1. The summed E-state index contributed by atoms with van der Waals surface area (Å²) in [5.74, 6) is 0. The van der Waals surface area contributed by atoms with Crippen molar-refractivity contribution in [2.45, 2.75) is 13.5 Å². The van der Waals surface area contributed by atoms with Gasteiger partial charge in [-0.2, -0.15) is 4.57 Å². The highest BCUT2D eigenvalue weighted by Crippen LogP contribution is 2.07. The van der Waals surface area contributed by atoms with Crippen LogP contribution in [0.15, 0.2) is 42.6 Å². The van der Waals surface area contributed by atoms with E-state index in [1.54, 1.807) is 0 Å². The van der Waals surface area contributed by atoms with Crippen LogP contribution in [0.3, 0.4) is 0 Å². The van der Waals surface area contributed by atoms with Crippen LogP contribution < -0.4 is 4.57 Å². The lowest BCUT2D eigenvalue weighted by Crippen LogP contribution is -2.32. The van der Waals surface area contributed by atoms with E-state index in [-0.39, 0.29) is 0 Å². The Kier molecular flexibility index (Phi) is 1.78. The minimum Gasteiger partial charge on any atom is -0.199 e. The molecule has 1 aromatic carbocycles. The molecule has 1 aromatic heterocycles. The van der Waals surface area contributed by atoms with Gasteiger partial charge in [-0.1, -0.05) is 12.1 Å². The lowest BCUT2D eigenvalue weighted by Gasteiger charge is -1.96. The molecule has 0 saturated heterocycles. The molecule has 0 aliphatic heterocycles. The molecule has 0 fully saturated rings. The molecule has 1 nitrogen and oxygen atoms in total. The van der Waals surface area contributed by atoms with Gasteiger partial charge in [0.25, 0.3) is 0 Å². The molecule has 60 valence electrons. The molecule has 0 aliphatic carbocycles. The summed E-state index contributed by atoms with van der Waals surface area (Å²) >= 11 is 0. The Labute approximate surface area is 72.3 Å². The van der Waals surface area contributed by atoms with Crippen molar-refractivity contribution in [1.82, 2.24) is 0 Å². The van der Waals surface area contributed by atoms with E-state index in [1.165, 1.54) is 10.9 Å². The average Bonchev–Trinajstić information content (AvgIpc) is 2.17. The Hall–Kier alpha value is -1.37. The van der Waals surface area contributed by atoms with Crippen molar-refractivity contribution in [3.63, 3.8) is 0 Å². The van der Waals surface area contributed by atoms with E-state index in [9.17, 15) is 0 Å². The van der Waals surface area contributed by atoms with Gasteiger partial charge in [-0.15, -0.1) is 0 Å². The summed E-state index contributed by atoms with van der Waals surface area (Å²) in [7, 11) is 0. The Morgan fingerprint density at radius 3 is 2.67 bits per heavy atom. The summed E-state index contributed by atoms with van der Waals surface area (Å²) in [5.41, 5.74) is 1.31. The third kappa shape index (κ3) is 1.07. The first-order valence-electron chi connectivity index (χ1n) is 4.29. The van der Waals surface area contributed by atoms with E-state index in [2.05, 4.69) is 54.1 Å². The number of hydrogen-bond acceptors (Lipinski definition) is 0. The minimum absolute atomic E-state index is 1.03. The molecule has 12 heavy (non-hydrogen) atoms. The number of rotatable bonds is 1. The molecule has 1 heterocycles. The lowest BCUT2D eigenvalue weighted by molar-refractivity contribution is -0.667. The molecule has 2 rings (SSSR count). The summed E-state index contributed by atoms with van der Waals surface area (Å²) in [4.78, 5) is 0. The van der Waals surface area contributed by atoms with Gasteiger partial charge in [-0.25, -0.2) is 0 Å². The number of nitrogens with zero attached hydrogens (tertiary/aromatic N) is 1. The number of para-hydroxylation sites is 1. The van der Waals surface area contributed by atoms with Crippen LogP contribution in [0.2, 0.25) is 0 Å². The summed E-state index contributed by atoms with van der Waals surface area (Å²) in [6, 6.07) is 12.7. The van der Waals surface area contributed by atoms with Crippen molar-refractivity contribution in [3.05, 3.63) is 42.6 Å². The monoisotopic (exact) mass is 158 g/mol. The summed E-state index contributed by atoms with van der Waals surface area (Å²) in [6.45, 7) is 3.19. The molecule has 0 atom stereocenters. The highest BCUT2D eigenvalue weighted by atomic mass is 14.9. The van der Waals surface area contributed by atoms with Gasteiger partial charge in [-0.05, 0) is 19.1 Å². The van der Waals surface area contributed by atoms with Crippen LogP contribution in [0.1, 0.15) is 6.92 Å². The van der Waals surface area contributed by atoms with Gasteiger partial charge < -0.3 is 0 Å². The van der Waals surface area contributed by atoms with Gasteiger partial charge in [0.1, 0.15) is 6.54 Å². The van der Waals surface area contributed by atoms with Crippen molar-refractivity contribution >= 4 is 10.9 Å². The van der Waals surface area contributed by atoms with Crippen molar-refractivity contribution in [2.75, 3.05) is 0 Å². The fraction of sp³-hybridized carbons (Fsp3) is 0.182. The van der Waals surface area contributed by atoms with Crippen LogP contribution in [0, 0.1) is 0 Å². The molecule has 0 bridgehead atoms. The van der Waals surface area contributed by atoms with E-state index in [1.807, 2.05) is 0 Å². The fourth-order valence-corrected chi connectivity index (χ4v) is 1.50. The molecular formula is C11H12N+. The molecule has 0 spiro atoms. The second-order valence-corrected chi connectivity index (χ2v) is 2.85. The molecule has 0 N–H and O–H groups in total. The Morgan fingerprint density at radius 2 is 1.83 bits per heavy atom. The first-order valence-corrected chi connectivity index (χ1v) is 4.29. The topological polar surface area (TPSA) is 3.88 Å². The maximum atomic E-state index is 2.25. The van der Waals surface area contributed by atoms with Gasteiger partial charge in [0.15, 0.2) is 6.20 Å². The zero-order valence-electron chi connectivity index (χ0n) is 7.20. The van der Waals surface area contributed by atoms with Crippen molar-refractivity contribution in [2.24, 2.45) is 0 Å². The summed E-state index contributed by atoms with van der Waals surface area (Å²) < 4.78 is 2.25. The molecule has 0 radical (unpaired) electrons. The number of aryl methyl sites for hydroxylation is 1. The van der Waals surface area contributed by atoms with Gasteiger partial charge in [0, 0.05) is 17.5 Å². The van der Waals surface area contributed by atoms with Gasteiger partial charge >= 0.3 is 0 Å². The highest BCUT2D eigenvalue weighted by Gasteiger charge is 2.02. The largest absolute Gasteiger partial charge is 0.212 e. The number of pyridine rings is 1. The van der Waals surface area contributed by atoms with Gasteiger partial charge in [-0.3, -0.25) is 0 Å². The third-order valence-electron chi connectivity index (χ3n) is 2.13. The van der Waals surface area contributed by atoms with Gasteiger partial charge in [0.2, 0.25) is 5.52 Å². The first kappa shape index (κ1) is 7.29. The zero-order valence-corrected chi connectivity index (χ0v) is 7.20. The van der Waals surface area contributed by atoms with E-state index < -0.39 is 0 Å². The average molecular weight is 158 g/mol. The zero-order chi connectivity index (χ0) is 8.39. The van der Waals surface area contributed by atoms with Crippen LogP contribution in [-0.2, 0) is 6.54 Å². The summed E-state index contributed by atoms with van der Waals surface area (Å²) in [6.07, 6.45) is 2.11. The Bertz CT molecular complexity index is 388. The molecule has 2 aromatic rings. The van der Waals surface area contributed by atoms with E-state index in [0.29, 0.717) is 0 Å². The molecule has 0 unspecified atom stereocenters. The van der Waals surface area contributed by atoms with E-state index >= 15 is 0 Å². The second kappa shape index (κ2) is 2.94. The van der Waals surface area contributed by atoms with Crippen molar-refractivity contribution < 1.29 is 4.57 Å². The first-order chi connectivity index (χ1) is 5.92. The maximum absolute atomic E-state index is 2.25. The second-order valence-electron chi connectivity index (χ2n) is 2.85. The summed E-state index contributed by atoms with van der Waals surface area (Å²) in [5, 5.41) is 1.31. The highest BCUT2D eigenvalue weighted by molar-refractivity contribution is 5.74. The van der Waals surface area contributed by atoms with Gasteiger partial charge in [0.05, 0.1) is 0 Å². The van der Waals surface area contributed by atoms with Crippen LogP contribution in [0.5, 0.6) is 0 Å². The normalized spacial score (nSPS) is 10.4. The number of fused-ring (bicyclic) bond motifs is 1. The predicted octanol–water partition coefficient (Wildman–Crippen LogP) is 2.15. The smallest absolute Gasteiger partial charge is 0.199 e. The number of hydrogen-bond donors (Lipinski definition) is 0. The Balaban J connectivity index is 2.79. The Morgan fingerprint density at radius 1 is 1.08 bits per heavy atom. The van der Waals surface area contributed by atoms with Crippen molar-refractivity contribution in [3.8, 4) is 0 Å². The predicted molar refractivity (Wildman–Crippen MR) is 49.8 cm³/mol. The van der Waals surface area contributed by atoms with Crippen LogP contribution in [0.4, 0.5) is 0 Å². The number of benzene rings is 1.